The Labute approximate surface area is 184 Å². The molecule has 0 bridgehead atoms. The Hall–Kier alpha value is -3.15. The zero-order chi connectivity index (χ0) is 21.1. The molecule has 150 valence electrons. The standard InChI is InChI=1S/C23H19Cl2N5/c24-16-10-9-14(12-17(16)25)22(15-4-3-11-28-13-15)23(18-5-1-7-20(26)29-18)19-6-2-8-21(27)30-19/h1-13,22-23H,(H2,26,29)(H2,27,30). The first kappa shape index (κ1) is 20.1. The van der Waals surface area contributed by atoms with Crippen molar-refractivity contribution in [1.82, 2.24) is 15.0 Å². The molecule has 4 rings (SSSR count). The predicted molar refractivity (Wildman–Crippen MR) is 122 cm³/mol. The molecule has 5 nitrogen and oxygen atoms in total. The molecular formula is C23H19Cl2N5. The zero-order valence-electron chi connectivity index (χ0n) is 15.9. The third-order valence-corrected chi connectivity index (χ3v) is 5.64. The molecule has 4 N–H and O–H groups in total. The van der Waals surface area contributed by atoms with Crippen LogP contribution >= 0.6 is 23.2 Å². The van der Waals surface area contributed by atoms with Gasteiger partial charge in [-0.2, -0.15) is 0 Å². The van der Waals surface area contributed by atoms with Gasteiger partial charge in [0.2, 0.25) is 0 Å². The van der Waals surface area contributed by atoms with Gasteiger partial charge in [-0.05, 0) is 53.6 Å². The number of nitrogen functional groups attached to an aromatic ring is 2. The van der Waals surface area contributed by atoms with E-state index in [4.69, 9.17) is 34.7 Å². The van der Waals surface area contributed by atoms with Crippen LogP contribution in [0.1, 0.15) is 34.4 Å². The summed E-state index contributed by atoms with van der Waals surface area (Å²) in [7, 11) is 0. The highest BCUT2D eigenvalue weighted by Crippen LogP contribution is 2.43. The Morgan fingerprint density at radius 1 is 0.667 bits per heavy atom. The Bertz CT molecular complexity index is 1120. The smallest absolute Gasteiger partial charge is 0.123 e. The summed E-state index contributed by atoms with van der Waals surface area (Å²) in [6.07, 6.45) is 3.57. The van der Waals surface area contributed by atoms with E-state index in [2.05, 4.69) is 15.0 Å². The summed E-state index contributed by atoms with van der Waals surface area (Å²) in [5.41, 5.74) is 15.5. The lowest BCUT2D eigenvalue weighted by molar-refractivity contribution is 0.656. The minimum Gasteiger partial charge on any atom is -0.384 e. The quantitative estimate of drug-likeness (QED) is 0.443. The molecule has 0 spiro atoms. The third kappa shape index (κ3) is 4.22. The molecule has 0 saturated carbocycles. The second-order valence-corrected chi connectivity index (χ2v) is 7.70. The molecule has 0 aliphatic carbocycles. The van der Waals surface area contributed by atoms with Gasteiger partial charge in [0.05, 0.1) is 27.4 Å². The van der Waals surface area contributed by atoms with Crippen molar-refractivity contribution >= 4 is 34.8 Å². The Balaban J connectivity index is 1.98. The molecule has 0 fully saturated rings. The molecule has 0 aliphatic heterocycles. The fourth-order valence-corrected chi connectivity index (χ4v) is 3.93. The average molecular weight is 436 g/mol. The van der Waals surface area contributed by atoms with Crippen LogP contribution in [-0.2, 0) is 0 Å². The lowest BCUT2D eigenvalue weighted by atomic mass is 9.77. The van der Waals surface area contributed by atoms with E-state index in [9.17, 15) is 0 Å². The minimum atomic E-state index is -0.279. The second-order valence-electron chi connectivity index (χ2n) is 6.89. The summed E-state index contributed by atoms with van der Waals surface area (Å²) < 4.78 is 0. The highest BCUT2D eigenvalue weighted by molar-refractivity contribution is 6.42. The van der Waals surface area contributed by atoms with E-state index in [0.717, 1.165) is 22.5 Å². The van der Waals surface area contributed by atoms with Crippen LogP contribution in [0.2, 0.25) is 10.0 Å². The maximum atomic E-state index is 6.37. The number of anilines is 2. The molecule has 1 unspecified atom stereocenters. The molecule has 0 saturated heterocycles. The lowest BCUT2D eigenvalue weighted by Gasteiger charge is -2.28. The van der Waals surface area contributed by atoms with Crippen molar-refractivity contribution < 1.29 is 0 Å². The number of nitrogens with two attached hydrogens (primary N) is 2. The number of nitrogens with zero attached hydrogens (tertiary/aromatic N) is 3. The Morgan fingerprint density at radius 3 is 1.87 bits per heavy atom. The normalized spacial score (nSPS) is 12.1. The maximum absolute atomic E-state index is 6.37. The van der Waals surface area contributed by atoms with E-state index < -0.39 is 0 Å². The summed E-state index contributed by atoms with van der Waals surface area (Å²) in [5.74, 6) is 0.386. The second kappa shape index (κ2) is 8.69. The Morgan fingerprint density at radius 2 is 1.33 bits per heavy atom. The van der Waals surface area contributed by atoms with Crippen LogP contribution < -0.4 is 11.5 Å². The Kier molecular flexibility index (Phi) is 5.84. The van der Waals surface area contributed by atoms with Gasteiger partial charge in [0.1, 0.15) is 11.6 Å². The van der Waals surface area contributed by atoms with Crippen molar-refractivity contribution in [3.05, 3.63) is 112 Å². The molecule has 1 aromatic carbocycles. The first-order valence-electron chi connectivity index (χ1n) is 9.32. The SMILES string of the molecule is Nc1cccc(C(c2cccc(N)n2)C(c2cccnc2)c2ccc(Cl)c(Cl)c2)n1. The van der Waals surface area contributed by atoms with Gasteiger partial charge in [-0.1, -0.05) is 47.5 Å². The molecule has 1 atom stereocenters. The number of aromatic nitrogens is 3. The van der Waals surface area contributed by atoms with Gasteiger partial charge in [0.25, 0.3) is 0 Å². The van der Waals surface area contributed by atoms with Gasteiger partial charge in [-0.25, -0.2) is 9.97 Å². The molecule has 7 heteroatoms. The molecule has 0 aliphatic rings. The molecule has 30 heavy (non-hydrogen) atoms. The van der Waals surface area contributed by atoms with Crippen molar-refractivity contribution in [2.45, 2.75) is 11.8 Å². The maximum Gasteiger partial charge on any atom is 0.123 e. The van der Waals surface area contributed by atoms with Crippen LogP contribution in [-0.4, -0.2) is 15.0 Å². The molecular weight excluding hydrogens is 417 g/mol. The molecule has 3 aromatic heterocycles. The fourth-order valence-electron chi connectivity index (χ4n) is 3.62. The highest BCUT2D eigenvalue weighted by Gasteiger charge is 2.31. The van der Waals surface area contributed by atoms with Gasteiger partial charge in [0.15, 0.2) is 0 Å². The van der Waals surface area contributed by atoms with E-state index in [1.54, 1.807) is 24.4 Å². The number of halogens is 2. The van der Waals surface area contributed by atoms with Crippen molar-refractivity contribution in [3.63, 3.8) is 0 Å². The van der Waals surface area contributed by atoms with E-state index in [1.165, 1.54) is 0 Å². The van der Waals surface area contributed by atoms with Gasteiger partial charge in [-0.15, -0.1) is 0 Å². The van der Waals surface area contributed by atoms with E-state index in [0.29, 0.717) is 21.7 Å². The van der Waals surface area contributed by atoms with Crippen molar-refractivity contribution in [3.8, 4) is 0 Å². The third-order valence-electron chi connectivity index (χ3n) is 4.90. The van der Waals surface area contributed by atoms with E-state index >= 15 is 0 Å². The summed E-state index contributed by atoms with van der Waals surface area (Å²) >= 11 is 12.6. The molecule has 0 radical (unpaired) electrons. The van der Waals surface area contributed by atoms with Gasteiger partial charge >= 0.3 is 0 Å². The molecule has 4 aromatic rings. The van der Waals surface area contributed by atoms with Crippen molar-refractivity contribution in [2.75, 3.05) is 11.5 Å². The topological polar surface area (TPSA) is 90.7 Å². The predicted octanol–water partition coefficient (Wildman–Crippen LogP) is 5.31. The summed E-state index contributed by atoms with van der Waals surface area (Å²) in [5, 5.41) is 0.967. The van der Waals surface area contributed by atoms with Crippen molar-refractivity contribution in [1.29, 1.82) is 0 Å². The number of benzene rings is 1. The monoisotopic (exact) mass is 435 g/mol. The van der Waals surface area contributed by atoms with Crippen LogP contribution in [0.4, 0.5) is 11.6 Å². The number of pyridine rings is 3. The zero-order valence-corrected chi connectivity index (χ0v) is 17.4. The molecule has 0 amide bonds. The lowest BCUT2D eigenvalue weighted by Crippen LogP contribution is -2.18. The summed E-state index contributed by atoms with van der Waals surface area (Å²) in [6, 6.07) is 20.7. The average Bonchev–Trinajstić information content (AvgIpc) is 2.74. The number of rotatable bonds is 5. The van der Waals surface area contributed by atoms with E-state index in [-0.39, 0.29) is 11.8 Å². The number of hydrogen-bond donors (Lipinski definition) is 2. The van der Waals surface area contributed by atoms with Crippen molar-refractivity contribution in [2.24, 2.45) is 0 Å². The van der Waals surface area contributed by atoms with Gasteiger partial charge in [-0.3, -0.25) is 4.98 Å². The van der Waals surface area contributed by atoms with Crippen LogP contribution in [0.25, 0.3) is 0 Å². The summed E-state index contributed by atoms with van der Waals surface area (Å²) in [6.45, 7) is 0. The highest BCUT2D eigenvalue weighted by atomic mass is 35.5. The van der Waals surface area contributed by atoms with Crippen LogP contribution in [0.5, 0.6) is 0 Å². The minimum absolute atomic E-state index is 0.197. The molecule has 3 heterocycles. The largest absolute Gasteiger partial charge is 0.384 e. The first-order valence-corrected chi connectivity index (χ1v) is 10.1. The van der Waals surface area contributed by atoms with Gasteiger partial charge in [0, 0.05) is 18.3 Å². The van der Waals surface area contributed by atoms with E-state index in [1.807, 2.05) is 54.7 Å². The van der Waals surface area contributed by atoms with Crippen LogP contribution in [0.3, 0.4) is 0 Å². The first-order chi connectivity index (χ1) is 14.5. The van der Waals surface area contributed by atoms with Crippen LogP contribution in [0.15, 0.2) is 79.1 Å². The summed E-state index contributed by atoms with van der Waals surface area (Å²) in [4.78, 5) is 13.5. The number of hydrogen-bond acceptors (Lipinski definition) is 5. The fraction of sp³-hybridized carbons (Fsp3) is 0.0870. The van der Waals surface area contributed by atoms with Crippen LogP contribution in [0, 0.1) is 0 Å². The van der Waals surface area contributed by atoms with Gasteiger partial charge < -0.3 is 11.5 Å².